The SMILES string of the molecule is S=C(NCc1ccc(Cl)cc1)Nc1nc(Cl)cc(N2CCOCC2)n1. The van der Waals surface area contributed by atoms with Gasteiger partial charge in [-0.2, -0.15) is 4.98 Å². The summed E-state index contributed by atoms with van der Waals surface area (Å²) in [5, 5.41) is 7.56. The molecule has 2 aromatic rings. The van der Waals surface area contributed by atoms with Crippen LogP contribution in [0.15, 0.2) is 30.3 Å². The van der Waals surface area contributed by atoms with Crippen molar-refractivity contribution in [3.63, 3.8) is 0 Å². The molecule has 0 unspecified atom stereocenters. The van der Waals surface area contributed by atoms with Crippen molar-refractivity contribution < 1.29 is 4.74 Å². The van der Waals surface area contributed by atoms with Crippen molar-refractivity contribution in [2.45, 2.75) is 6.54 Å². The van der Waals surface area contributed by atoms with Gasteiger partial charge in [0, 0.05) is 30.7 Å². The van der Waals surface area contributed by atoms with Crippen LogP contribution in [0.5, 0.6) is 0 Å². The van der Waals surface area contributed by atoms with Crippen LogP contribution in [0.3, 0.4) is 0 Å². The van der Waals surface area contributed by atoms with Crippen LogP contribution in [0.2, 0.25) is 10.2 Å². The van der Waals surface area contributed by atoms with E-state index in [0.717, 1.165) is 24.5 Å². The Hall–Kier alpha value is -1.67. The Balaban J connectivity index is 1.60. The number of hydrogen-bond acceptors (Lipinski definition) is 5. The van der Waals surface area contributed by atoms with Crippen LogP contribution in [0.1, 0.15) is 5.56 Å². The minimum atomic E-state index is 0.361. The number of aromatic nitrogens is 2. The highest BCUT2D eigenvalue weighted by atomic mass is 35.5. The number of nitrogens with one attached hydrogen (secondary N) is 2. The van der Waals surface area contributed by atoms with E-state index in [1.54, 1.807) is 6.07 Å². The molecule has 1 fully saturated rings. The van der Waals surface area contributed by atoms with Crippen molar-refractivity contribution in [1.29, 1.82) is 0 Å². The Morgan fingerprint density at radius 3 is 2.60 bits per heavy atom. The summed E-state index contributed by atoms with van der Waals surface area (Å²) in [5.41, 5.74) is 1.06. The molecule has 0 saturated carbocycles. The lowest BCUT2D eigenvalue weighted by Crippen LogP contribution is -2.37. The quantitative estimate of drug-likeness (QED) is 0.606. The first-order chi connectivity index (χ1) is 12.1. The van der Waals surface area contributed by atoms with Crippen molar-refractivity contribution in [2.24, 2.45) is 0 Å². The number of halogens is 2. The number of benzene rings is 1. The highest BCUT2D eigenvalue weighted by molar-refractivity contribution is 7.80. The average Bonchev–Trinajstić information content (AvgIpc) is 2.61. The van der Waals surface area contributed by atoms with Crippen LogP contribution in [-0.4, -0.2) is 41.4 Å². The minimum Gasteiger partial charge on any atom is -0.378 e. The zero-order chi connectivity index (χ0) is 17.6. The number of nitrogens with zero attached hydrogens (tertiary/aromatic N) is 3. The Kier molecular flexibility index (Phi) is 6.25. The molecule has 2 N–H and O–H groups in total. The lowest BCUT2D eigenvalue weighted by atomic mass is 10.2. The molecule has 132 valence electrons. The summed E-state index contributed by atoms with van der Waals surface area (Å²) in [6.07, 6.45) is 0. The molecule has 2 heterocycles. The molecule has 25 heavy (non-hydrogen) atoms. The number of hydrogen-bond donors (Lipinski definition) is 2. The van der Waals surface area contributed by atoms with Crippen LogP contribution in [0, 0.1) is 0 Å². The summed E-state index contributed by atoms with van der Waals surface area (Å²) in [4.78, 5) is 10.8. The molecule has 0 spiro atoms. The molecular weight excluding hydrogens is 381 g/mol. The van der Waals surface area contributed by atoms with Crippen molar-refractivity contribution in [2.75, 3.05) is 36.5 Å². The van der Waals surface area contributed by atoms with E-state index in [1.807, 2.05) is 24.3 Å². The fourth-order valence-corrected chi connectivity index (χ4v) is 2.81. The van der Waals surface area contributed by atoms with E-state index in [1.165, 1.54) is 0 Å². The maximum absolute atomic E-state index is 6.12. The fourth-order valence-electron chi connectivity index (χ4n) is 2.35. The Bertz CT molecular complexity index is 738. The summed E-state index contributed by atoms with van der Waals surface area (Å²) >= 11 is 17.3. The monoisotopic (exact) mass is 397 g/mol. The van der Waals surface area contributed by atoms with E-state index in [9.17, 15) is 0 Å². The molecule has 0 atom stereocenters. The number of morpholine rings is 1. The van der Waals surface area contributed by atoms with Crippen molar-refractivity contribution in [3.05, 3.63) is 46.1 Å². The van der Waals surface area contributed by atoms with Crippen LogP contribution in [0.25, 0.3) is 0 Å². The summed E-state index contributed by atoms with van der Waals surface area (Å²) < 4.78 is 5.35. The molecule has 0 bridgehead atoms. The maximum atomic E-state index is 6.12. The van der Waals surface area contributed by atoms with E-state index in [4.69, 9.17) is 40.2 Å². The molecule has 1 aliphatic heterocycles. The van der Waals surface area contributed by atoms with Gasteiger partial charge in [0.1, 0.15) is 11.0 Å². The van der Waals surface area contributed by atoms with E-state index in [2.05, 4.69) is 25.5 Å². The predicted octanol–water partition coefficient (Wildman–Crippen LogP) is 3.11. The molecule has 1 saturated heterocycles. The Morgan fingerprint density at radius 1 is 1.16 bits per heavy atom. The van der Waals surface area contributed by atoms with Gasteiger partial charge in [-0.05, 0) is 29.9 Å². The second-order valence-corrected chi connectivity index (χ2v) is 6.64. The van der Waals surface area contributed by atoms with E-state index >= 15 is 0 Å². The zero-order valence-electron chi connectivity index (χ0n) is 13.3. The fraction of sp³-hybridized carbons (Fsp3) is 0.312. The second kappa shape index (κ2) is 8.62. The zero-order valence-corrected chi connectivity index (χ0v) is 15.7. The molecule has 3 rings (SSSR count). The van der Waals surface area contributed by atoms with Gasteiger partial charge in [0.15, 0.2) is 5.11 Å². The first kappa shape index (κ1) is 18.1. The van der Waals surface area contributed by atoms with Crippen molar-refractivity contribution in [3.8, 4) is 0 Å². The van der Waals surface area contributed by atoms with Crippen LogP contribution < -0.4 is 15.5 Å². The van der Waals surface area contributed by atoms with Gasteiger partial charge in [0.05, 0.1) is 13.2 Å². The predicted molar refractivity (Wildman–Crippen MR) is 105 cm³/mol. The summed E-state index contributed by atoms with van der Waals surface area (Å²) in [6.45, 7) is 3.45. The van der Waals surface area contributed by atoms with Crippen molar-refractivity contribution in [1.82, 2.24) is 15.3 Å². The van der Waals surface area contributed by atoms with Gasteiger partial charge in [-0.15, -0.1) is 0 Å². The van der Waals surface area contributed by atoms with Crippen molar-refractivity contribution >= 4 is 52.3 Å². The molecule has 0 aliphatic carbocycles. The van der Waals surface area contributed by atoms with Gasteiger partial charge >= 0.3 is 0 Å². The second-order valence-electron chi connectivity index (χ2n) is 5.41. The normalized spacial score (nSPS) is 14.2. The Morgan fingerprint density at radius 2 is 1.88 bits per heavy atom. The van der Waals surface area contributed by atoms with Gasteiger partial charge in [-0.1, -0.05) is 35.3 Å². The number of anilines is 2. The van der Waals surface area contributed by atoms with E-state index < -0.39 is 0 Å². The van der Waals surface area contributed by atoms with Crippen LogP contribution >= 0.6 is 35.4 Å². The standard InChI is InChI=1S/C16H17Cl2N5OS/c17-12-3-1-11(2-4-12)10-19-16(25)22-15-20-13(18)9-14(21-15)23-5-7-24-8-6-23/h1-4,9H,5-8,10H2,(H2,19,20,21,22,25). The molecule has 9 heteroatoms. The lowest BCUT2D eigenvalue weighted by Gasteiger charge is -2.28. The van der Waals surface area contributed by atoms with E-state index in [0.29, 0.717) is 41.0 Å². The molecule has 0 radical (unpaired) electrons. The topological polar surface area (TPSA) is 62.3 Å². The minimum absolute atomic E-state index is 0.361. The van der Waals surface area contributed by atoms with Crippen LogP contribution in [0.4, 0.5) is 11.8 Å². The largest absolute Gasteiger partial charge is 0.378 e. The smallest absolute Gasteiger partial charge is 0.232 e. The number of thiocarbonyl (C=S) groups is 1. The Labute approximate surface area is 161 Å². The molecule has 1 aliphatic rings. The highest BCUT2D eigenvalue weighted by Gasteiger charge is 2.15. The third-order valence-corrected chi connectivity index (χ3v) is 4.30. The summed E-state index contributed by atoms with van der Waals surface area (Å²) in [6, 6.07) is 9.28. The van der Waals surface area contributed by atoms with Gasteiger partial charge in [-0.3, -0.25) is 0 Å². The average molecular weight is 398 g/mol. The van der Waals surface area contributed by atoms with Gasteiger partial charge in [-0.25, -0.2) is 4.98 Å². The molecule has 6 nitrogen and oxygen atoms in total. The van der Waals surface area contributed by atoms with Gasteiger partial charge in [0.25, 0.3) is 0 Å². The lowest BCUT2D eigenvalue weighted by molar-refractivity contribution is 0.122. The first-order valence-corrected chi connectivity index (χ1v) is 8.93. The third kappa shape index (κ3) is 5.40. The van der Waals surface area contributed by atoms with E-state index in [-0.39, 0.29) is 0 Å². The molecule has 1 aromatic heterocycles. The number of ether oxygens (including phenoxy) is 1. The number of rotatable bonds is 4. The third-order valence-electron chi connectivity index (χ3n) is 3.61. The van der Waals surface area contributed by atoms with Gasteiger partial charge < -0.3 is 20.3 Å². The van der Waals surface area contributed by atoms with Gasteiger partial charge in [0.2, 0.25) is 5.95 Å². The summed E-state index contributed by atoms with van der Waals surface area (Å²) in [5.74, 6) is 1.12. The molecule has 1 aromatic carbocycles. The summed E-state index contributed by atoms with van der Waals surface area (Å²) in [7, 11) is 0. The van der Waals surface area contributed by atoms with Crippen LogP contribution in [-0.2, 0) is 11.3 Å². The highest BCUT2D eigenvalue weighted by Crippen LogP contribution is 2.19. The maximum Gasteiger partial charge on any atom is 0.232 e. The molecule has 0 amide bonds. The first-order valence-electron chi connectivity index (χ1n) is 7.77. The molecular formula is C16H17Cl2N5OS.